The molecule has 1 radical (unpaired) electrons. The molecular weight excluding hydrogens is 2360 g/mol. The van der Waals surface area contributed by atoms with Crippen LogP contribution in [0.2, 0.25) is 0 Å². The van der Waals surface area contributed by atoms with Crippen LogP contribution < -0.4 is 46.2 Å². The number of carboxylic acid groups (broad SMARTS) is 2. The molecule has 37 nitrogen and oxygen atoms in total. The van der Waals surface area contributed by atoms with E-state index in [1.54, 1.807) is 127 Å². The molecule has 0 saturated carbocycles. The van der Waals surface area contributed by atoms with Crippen molar-refractivity contribution in [3.8, 4) is 5.75 Å². The third-order valence-corrected chi connectivity index (χ3v) is 17.9. The predicted octanol–water partition coefficient (Wildman–Crippen LogP) is 14.2. The molecule has 16 aromatic rings. The van der Waals surface area contributed by atoms with Gasteiger partial charge in [0.25, 0.3) is 0 Å². The number of para-hydroxylation sites is 8. The van der Waals surface area contributed by atoms with Gasteiger partial charge >= 0.3 is 62.7 Å². The van der Waals surface area contributed by atoms with Crippen LogP contribution in [0.3, 0.4) is 0 Å². The van der Waals surface area contributed by atoms with Gasteiger partial charge in [-0.3, -0.25) is 23.3 Å². The first kappa shape index (κ1) is 113. The Morgan fingerprint density at radius 1 is 0.479 bits per heavy atom. The van der Waals surface area contributed by atoms with Gasteiger partial charge in [0.05, 0.1) is 23.6 Å². The van der Waals surface area contributed by atoms with Gasteiger partial charge in [0.15, 0.2) is 43.9 Å². The van der Waals surface area contributed by atoms with E-state index >= 15 is 0 Å². The van der Waals surface area contributed by atoms with E-state index in [2.05, 4.69) is 152 Å². The molecule has 645 valence electrons. The molecule has 0 spiro atoms. The van der Waals surface area contributed by atoms with Crippen LogP contribution in [0.1, 0.15) is 46.1 Å². The zero-order valence-corrected chi connectivity index (χ0v) is 83.6. The number of carboxylic acids is 2. The number of aliphatic carboxylic acids is 2. The van der Waals surface area contributed by atoms with Crippen LogP contribution in [0.4, 0.5) is 0 Å². The van der Waals surface area contributed by atoms with E-state index in [1.807, 2.05) is 66.7 Å². The average molecular weight is 2430 g/mol. The molecule has 0 fully saturated rings. The van der Waals surface area contributed by atoms with Crippen LogP contribution in [-0.2, 0) is 88.1 Å². The molecule has 0 aliphatic heterocycles. The summed E-state index contributed by atoms with van der Waals surface area (Å²) in [4.78, 5) is 31.1. The maximum absolute atomic E-state index is 10.8. The minimum absolute atomic E-state index is 0. The van der Waals surface area contributed by atoms with Crippen LogP contribution in [0.5, 0.6) is 5.75 Å². The van der Waals surface area contributed by atoms with Crippen molar-refractivity contribution in [3.63, 3.8) is 0 Å². The number of rotatable bonds is 12. The number of halogens is 10. The number of primary sulfonamides is 1. The summed E-state index contributed by atoms with van der Waals surface area (Å²) in [7, 11) is -11.0. The second kappa shape index (κ2) is 55.5. The van der Waals surface area contributed by atoms with Crippen molar-refractivity contribution >= 4 is 277 Å². The summed E-state index contributed by atoms with van der Waals surface area (Å²) < 4.78 is 155. The number of alkyl halides is 3. The minimum atomic E-state index is -4.67. The quantitative estimate of drug-likeness (QED) is 0.0107. The number of carbonyl (C=O) groups is 2. The Morgan fingerprint density at radius 3 is 1.02 bits per heavy atom. The molecule has 8 aromatic carbocycles. The third-order valence-electron chi connectivity index (χ3n) is 13.7. The van der Waals surface area contributed by atoms with E-state index in [9.17, 15) is 53.9 Å². The van der Waals surface area contributed by atoms with Gasteiger partial charge in [-0.2, -0.15) is 8.42 Å². The fourth-order valence-corrected chi connectivity index (χ4v) is 12.3. The molecule has 121 heavy (non-hydrogen) atoms. The van der Waals surface area contributed by atoms with Crippen molar-refractivity contribution < 1.29 is 199 Å². The Morgan fingerprint density at radius 2 is 0.727 bits per heavy atom. The maximum Gasteiger partial charge on any atom is 1.00 e. The minimum Gasteiger partial charge on any atom is -0.748 e. The number of benzene rings is 8. The molecule has 1 unspecified atom stereocenters. The first-order chi connectivity index (χ1) is 55.3. The first-order valence-corrected chi connectivity index (χ1v) is 49.6. The van der Waals surface area contributed by atoms with Crippen molar-refractivity contribution in [3.05, 3.63) is 250 Å². The van der Waals surface area contributed by atoms with E-state index in [1.165, 1.54) is 0 Å². The average Bonchev–Trinajstić information content (AvgIpc) is 1.66. The topological polar surface area (TPSA) is 628 Å². The molecule has 8 heterocycles. The van der Waals surface area contributed by atoms with Crippen molar-refractivity contribution in [2.24, 2.45) is 11.0 Å². The van der Waals surface area contributed by atoms with Gasteiger partial charge in [-0.05, 0) is 131 Å². The van der Waals surface area contributed by atoms with Crippen LogP contribution in [-0.4, -0.2) is 121 Å². The van der Waals surface area contributed by atoms with Crippen molar-refractivity contribution in [1.82, 2.24) is 36.1 Å². The number of nitrogens with two attached hydrogens (primary N) is 2. The van der Waals surface area contributed by atoms with Crippen LogP contribution >= 0.6 is 138 Å². The third kappa shape index (κ3) is 40.5. The summed E-state index contributed by atoms with van der Waals surface area (Å²) in [6.45, 7) is 0. The standard InChI is InChI=1S/C9H6BrNO3.C9H7NO3.C9H6O3.2C8H6BrNO.C8H6ClNO3S.C8H8N2O3S.C8H7NO4S.Ac.Br2.Cl3OP.ClH.H3NO.Na.H2O4S.H2O.H2/c10-7(9(12)13)8-5-3-1-2-4-6(5)14-11-8;11-9(12)5-7-6-3-1-2-4-8(6)13-10-7;10-7-5-9(11)12-8-4-2-1-3-6(7)8;2*9-5-7-6-3-1-2-4-8(6)11-10-7;2*9-14(11,12)5-7-6-3-1-2-4-8(6)13-10-7;10-14(11,12)5-7-6-3-1-2-4-8(6)13-9-7;;1-2;1-5(2,3)4;;1-2;;1-5(2,3)4;;/h1-4,7H,(H,12,13);1-4H,5H2,(H,11,12);1-5,10H;2*1-4H,5H2;1-4H,5H2;1-4H,5H2,(H2,9,11,12);1-4H,5H2,(H,10,11,12);;;;1H;2H,1H2;;(H2,1,2,3,4);1H2;1H/q;;;;;;;;;;;;;+1;;;/p-1/i;;;;;;;;;;;;;;;;1+1. The Labute approximate surface area is 808 Å². The number of hydrogen-bond donors (Lipinski definition) is 8. The monoisotopic (exact) mass is 2420 g/mol. The molecule has 1 atom stereocenters. The summed E-state index contributed by atoms with van der Waals surface area (Å²) in [5, 5.41) is 68.4. The van der Waals surface area contributed by atoms with E-state index < -0.39 is 72.9 Å². The van der Waals surface area contributed by atoms with Crippen LogP contribution in [0.15, 0.2) is 241 Å². The number of fused-ring (bicyclic) bond motifs is 8. The van der Waals surface area contributed by atoms with Gasteiger partial charge in [-0.25, -0.2) is 41.1 Å². The fourth-order valence-electron chi connectivity index (χ4n) is 9.23. The summed E-state index contributed by atoms with van der Waals surface area (Å²) in [5.74, 6) is 0.324. The molecule has 0 amide bonds. The van der Waals surface area contributed by atoms with Gasteiger partial charge in [0, 0.05) is 133 Å². The van der Waals surface area contributed by atoms with Gasteiger partial charge in [0.2, 0.25) is 19.1 Å². The molecule has 0 bridgehead atoms. The van der Waals surface area contributed by atoms with E-state index in [4.69, 9.17) is 84.8 Å². The Balaban J connectivity index is 0.00000134. The maximum atomic E-state index is 10.8. The largest absolute Gasteiger partial charge is 1.00 e. The smallest absolute Gasteiger partial charge is 0.748 e. The Bertz CT molecular complexity index is 6210. The van der Waals surface area contributed by atoms with Gasteiger partial charge in [0.1, 0.15) is 72.8 Å². The summed E-state index contributed by atoms with van der Waals surface area (Å²) in [6, 6.07) is 58.7. The molecule has 8 aromatic heterocycles. The van der Waals surface area contributed by atoms with Crippen molar-refractivity contribution in [2.75, 3.05) is 0 Å². The molecule has 0 saturated heterocycles. The SMILES string of the molecule is BrBr.BrCc1noc2ccccc12.BrCc1noc2ccccc12.Cl.NO.NS(=O)(=O)Cc1noc2ccccc12.O.O=C(O)C(Br)c1noc2ccccc12.O=C(O)Cc1noc2ccccc12.O=P(Cl)(Cl)Cl.O=S(=O)(Cl)Cc1noc2ccccc12.O=S(=O)(O)O.O=S(=O)([O-])Cc1noc2ccccc12.O=c1cc(O)c2ccccc2o1.[2HH].[Ac].[Na+]. The molecule has 0 aliphatic rings. The van der Waals surface area contributed by atoms with E-state index in [0.29, 0.717) is 77.8 Å². The number of hydrogen-bond acceptors (Lipinski definition) is 31. The second-order valence-electron chi connectivity index (χ2n) is 21.8. The normalized spacial score (nSPS) is 10.8. The molecule has 16 rings (SSSR count). The molecule has 12 N–H and O–H groups in total. The van der Waals surface area contributed by atoms with Crippen LogP contribution in [0, 0.1) is 44.1 Å². The summed E-state index contributed by atoms with van der Waals surface area (Å²) >= 11 is 29.0. The number of aromatic hydroxyl groups is 1. The Kier molecular flexibility index (Phi) is 51.9. The number of nitrogens with zero attached hydrogens (tertiary/aromatic N) is 7. The molecular formula is C67H61AcBr5Cl5N9NaO28PS4. The number of sulfonamides is 1. The van der Waals surface area contributed by atoms with Gasteiger partial charge < -0.3 is 66.6 Å². The van der Waals surface area contributed by atoms with Gasteiger partial charge in [-0.1, -0.05) is 181 Å². The van der Waals surface area contributed by atoms with E-state index in [-0.39, 0.29) is 122 Å². The zero-order chi connectivity index (χ0) is 86.8. The number of aromatic nitrogens is 7. The van der Waals surface area contributed by atoms with E-state index in [0.717, 1.165) is 60.8 Å². The van der Waals surface area contributed by atoms with Crippen LogP contribution in [0.25, 0.3) is 87.8 Å². The Hall–Kier alpha value is -5.96. The zero-order valence-electron chi connectivity index (χ0n) is 60.9. The molecule has 54 heteroatoms. The van der Waals surface area contributed by atoms with Gasteiger partial charge in [-0.15, -0.1) is 12.4 Å². The predicted molar refractivity (Wildman–Crippen MR) is 463 cm³/mol. The first-order valence-electron chi connectivity index (χ1n) is 31.2. The second-order valence-corrected chi connectivity index (χ2v) is 37.2. The fraction of sp³-hybridized carbons (Fsp3) is 0.104. The van der Waals surface area contributed by atoms with Crippen molar-refractivity contribution in [2.45, 2.75) is 39.2 Å². The summed E-state index contributed by atoms with van der Waals surface area (Å²) in [5.41, 5.74) is 8.02. The summed E-state index contributed by atoms with van der Waals surface area (Å²) in [6.07, 6.45) is -0.100. The van der Waals surface area contributed by atoms with Crippen molar-refractivity contribution in [1.29, 1.82) is 0 Å². The molecule has 0 aliphatic carbocycles.